The minimum Gasteiger partial charge on any atom is -1.00 e. The first kappa shape index (κ1) is 9.68. The summed E-state index contributed by atoms with van der Waals surface area (Å²) in [5.41, 5.74) is 1.20. The van der Waals surface area contributed by atoms with E-state index in [9.17, 15) is 0 Å². The first-order chi connectivity index (χ1) is 4.25. The molecule has 3 heteroatoms. The lowest BCUT2D eigenvalue weighted by molar-refractivity contribution is -0.742. The van der Waals surface area contributed by atoms with Gasteiger partial charge in [-0.05, 0) is 6.92 Å². The normalized spacial score (nSPS) is 8.60. The molecule has 0 unspecified atom stereocenters. The standard InChI is InChI=1S/C7H11N2.HI/c1-4-9-7(2)5-6-8(9)3;/h4-6H,1H2,2-3H3;1H/q+1;/p-1. The Morgan fingerprint density at radius 3 is 2.50 bits per heavy atom. The minimum absolute atomic E-state index is 0. The van der Waals surface area contributed by atoms with Crippen LogP contribution in [-0.4, -0.2) is 4.68 Å². The first-order valence-electron chi connectivity index (χ1n) is 2.92. The Kier molecular flexibility index (Phi) is 3.63. The zero-order valence-electron chi connectivity index (χ0n) is 6.21. The predicted molar refractivity (Wildman–Crippen MR) is 36.7 cm³/mol. The molecule has 0 bridgehead atoms. The van der Waals surface area contributed by atoms with Crippen LogP contribution in [0.25, 0.3) is 6.20 Å². The van der Waals surface area contributed by atoms with Gasteiger partial charge < -0.3 is 24.0 Å². The van der Waals surface area contributed by atoms with Crippen LogP contribution in [0.2, 0.25) is 0 Å². The highest BCUT2D eigenvalue weighted by atomic mass is 127. The smallest absolute Gasteiger partial charge is 0.196 e. The van der Waals surface area contributed by atoms with Crippen molar-refractivity contribution in [3.05, 3.63) is 24.5 Å². The molecule has 0 saturated carbocycles. The van der Waals surface area contributed by atoms with Crippen molar-refractivity contribution in [3.63, 3.8) is 0 Å². The zero-order valence-corrected chi connectivity index (χ0v) is 8.37. The Bertz CT molecular complexity index is 208. The van der Waals surface area contributed by atoms with E-state index in [1.807, 2.05) is 35.6 Å². The van der Waals surface area contributed by atoms with Crippen molar-refractivity contribution in [2.75, 3.05) is 0 Å². The summed E-state index contributed by atoms with van der Waals surface area (Å²) in [6.07, 6.45) is 3.78. The minimum atomic E-state index is 0. The van der Waals surface area contributed by atoms with E-state index >= 15 is 0 Å². The predicted octanol–water partition coefficient (Wildman–Crippen LogP) is -2.27. The van der Waals surface area contributed by atoms with Gasteiger partial charge in [0.15, 0.2) is 13.2 Å². The highest BCUT2D eigenvalue weighted by molar-refractivity contribution is 5.15. The maximum absolute atomic E-state index is 3.67. The number of halogens is 1. The van der Waals surface area contributed by atoms with Crippen LogP contribution in [0.3, 0.4) is 0 Å². The van der Waals surface area contributed by atoms with Crippen LogP contribution in [0.4, 0.5) is 0 Å². The van der Waals surface area contributed by atoms with Crippen molar-refractivity contribution in [2.45, 2.75) is 6.92 Å². The molecule has 0 saturated heterocycles. The molecule has 0 aliphatic rings. The van der Waals surface area contributed by atoms with Gasteiger partial charge >= 0.3 is 0 Å². The fourth-order valence-corrected chi connectivity index (χ4v) is 0.886. The molecule has 10 heavy (non-hydrogen) atoms. The fraction of sp³-hybridized carbons (Fsp3) is 0.286. The van der Waals surface area contributed by atoms with Crippen molar-refractivity contribution >= 4 is 6.20 Å². The molecule has 0 N–H and O–H groups in total. The summed E-state index contributed by atoms with van der Waals surface area (Å²) >= 11 is 0. The van der Waals surface area contributed by atoms with Gasteiger partial charge in [-0.15, -0.1) is 9.36 Å². The molecule has 56 valence electrons. The second-order valence-corrected chi connectivity index (χ2v) is 2.06. The van der Waals surface area contributed by atoms with Crippen LogP contribution in [0.1, 0.15) is 5.69 Å². The lowest BCUT2D eigenvalue weighted by Crippen LogP contribution is -3.00. The summed E-state index contributed by atoms with van der Waals surface area (Å²) in [4.78, 5) is 0. The summed E-state index contributed by atoms with van der Waals surface area (Å²) in [5.74, 6) is 0. The van der Waals surface area contributed by atoms with Gasteiger partial charge in [0.05, 0.1) is 11.9 Å². The third-order valence-corrected chi connectivity index (χ3v) is 1.41. The van der Waals surface area contributed by atoms with Gasteiger partial charge in [0.25, 0.3) is 0 Å². The second-order valence-electron chi connectivity index (χ2n) is 2.06. The van der Waals surface area contributed by atoms with Crippen LogP contribution >= 0.6 is 0 Å². The molecule has 0 fully saturated rings. The van der Waals surface area contributed by atoms with E-state index in [-0.39, 0.29) is 24.0 Å². The van der Waals surface area contributed by atoms with E-state index in [1.165, 1.54) is 5.69 Å². The molecule has 0 aliphatic heterocycles. The van der Waals surface area contributed by atoms with E-state index in [1.54, 1.807) is 6.20 Å². The van der Waals surface area contributed by atoms with Crippen molar-refractivity contribution in [1.29, 1.82) is 0 Å². The van der Waals surface area contributed by atoms with E-state index in [2.05, 4.69) is 6.58 Å². The van der Waals surface area contributed by atoms with Crippen LogP contribution in [0.15, 0.2) is 18.8 Å². The van der Waals surface area contributed by atoms with Crippen molar-refractivity contribution in [3.8, 4) is 0 Å². The molecular formula is C7H11IN2. The Balaban J connectivity index is 0.000000810. The monoisotopic (exact) mass is 250 g/mol. The first-order valence-corrected chi connectivity index (χ1v) is 2.92. The van der Waals surface area contributed by atoms with Gasteiger partial charge in [0.1, 0.15) is 0 Å². The zero-order chi connectivity index (χ0) is 6.85. The third-order valence-electron chi connectivity index (χ3n) is 1.41. The SMILES string of the molecule is C=Cn1c(C)cc[n+]1C.[I-]. The van der Waals surface area contributed by atoms with Gasteiger partial charge in [0, 0.05) is 6.07 Å². The second kappa shape index (κ2) is 3.75. The van der Waals surface area contributed by atoms with Crippen LogP contribution < -0.4 is 28.7 Å². The Hall–Kier alpha value is -0.320. The maximum Gasteiger partial charge on any atom is 0.196 e. The molecule has 0 aliphatic carbocycles. The average molecular weight is 250 g/mol. The quantitative estimate of drug-likeness (QED) is 0.392. The number of aromatic nitrogens is 2. The maximum atomic E-state index is 3.67. The lowest BCUT2D eigenvalue weighted by atomic mass is 10.5. The molecule has 1 heterocycles. The van der Waals surface area contributed by atoms with E-state index in [0.29, 0.717) is 0 Å². The molecule has 0 aromatic carbocycles. The van der Waals surface area contributed by atoms with Gasteiger partial charge in [-0.1, -0.05) is 6.58 Å². The molecule has 0 radical (unpaired) electrons. The van der Waals surface area contributed by atoms with Crippen LogP contribution in [0, 0.1) is 6.92 Å². The Labute approximate surface area is 78.2 Å². The number of hydrogen-bond donors (Lipinski definition) is 0. The van der Waals surface area contributed by atoms with Crippen LogP contribution in [-0.2, 0) is 7.05 Å². The molecule has 1 aromatic rings. The third kappa shape index (κ3) is 1.59. The molecule has 1 aromatic heterocycles. The average Bonchev–Trinajstić information content (AvgIpc) is 2.12. The summed E-state index contributed by atoms with van der Waals surface area (Å²) in [7, 11) is 1.98. The van der Waals surface area contributed by atoms with E-state index in [4.69, 9.17) is 0 Å². The van der Waals surface area contributed by atoms with E-state index in [0.717, 1.165) is 0 Å². The number of nitrogens with zero attached hydrogens (tertiary/aromatic N) is 2. The van der Waals surface area contributed by atoms with E-state index < -0.39 is 0 Å². The molecule has 2 nitrogen and oxygen atoms in total. The molecular weight excluding hydrogens is 239 g/mol. The van der Waals surface area contributed by atoms with Crippen molar-refractivity contribution in [1.82, 2.24) is 4.68 Å². The Morgan fingerprint density at radius 2 is 2.30 bits per heavy atom. The molecule has 0 amide bonds. The fourth-order valence-electron chi connectivity index (χ4n) is 0.886. The van der Waals surface area contributed by atoms with Gasteiger partial charge in [-0.2, -0.15) is 0 Å². The highest BCUT2D eigenvalue weighted by Crippen LogP contribution is 1.91. The van der Waals surface area contributed by atoms with Gasteiger partial charge in [-0.3, -0.25) is 0 Å². The largest absolute Gasteiger partial charge is 1.00 e. The van der Waals surface area contributed by atoms with Gasteiger partial charge in [-0.25, -0.2) is 0 Å². The van der Waals surface area contributed by atoms with Crippen molar-refractivity contribution in [2.24, 2.45) is 7.05 Å². The number of aryl methyl sites for hydroxylation is 2. The number of hydrogen-bond acceptors (Lipinski definition) is 0. The topological polar surface area (TPSA) is 8.81 Å². The van der Waals surface area contributed by atoms with Crippen LogP contribution in [0.5, 0.6) is 0 Å². The summed E-state index contributed by atoms with van der Waals surface area (Å²) in [5, 5.41) is 0. The highest BCUT2D eigenvalue weighted by Gasteiger charge is 2.00. The summed E-state index contributed by atoms with van der Waals surface area (Å²) in [6, 6.07) is 2.04. The van der Waals surface area contributed by atoms with Crippen molar-refractivity contribution < 1.29 is 28.7 Å². The molecule has 0 atom stereocenters. The molecule has 1 rings (SSSR count). The summed E-state index contributed by atoms with van der Waals surface area (Å²) in [6.45, 7) is 5.71. The van der Waals surface area contributed by atoms with Gasteiger partial charge in [0.2, 0.25) is 0 Å². The lowest BCUT2D eigenvalue weighted by Gasteiger charge is -1.90. The molecule has 0 spiro atoms. The number of rotatable bonds is 1. The Morgan fingerprint density at radius 1 is 1.70 bits per heavy atom. The summed E-state index contributed by atoms with van der Waals surface area (Å²) < 4.78 is 3.95.